The number of nitrogens with one attached hydrogen (secondary N) is 1. The van der Waals surface area contributed by atoms with Crippen molar-refractivity contribution >= 4 is 17.8 Å². The molecule has 1 amide bonds. The van der Waals surface area contributed by atoms with Gasteiger partial charge in [0.25, 0.3) is 5.91 Å². The summed E-state index contributed by atoms with van der Waals surface area (Å²) in [7, 11) is 0. The van der Waals surface area contributed by atoms with E-state index < -0.39 is 0 Å². The van der Waals surface area contributed by atoms with Crippen LogP contribution in [0.3, 0.4) is 0 Å². The van der Waals surface area contributed by atoms with Gasteiger partial charge in [0.1, 0.15) is 5.75 Å². The van der Waals surface area contributed by atoms with Gasteiger partial charge < -0.3 is 10.5 Å². The second-order valence-corrected chi connectivity index (χ2v) is 5.06. The van der Waals surface area contributed by atoms with Gasteiger partial charge in [-0.25, -0.2) is 5.43 Å². The van der Waals surface area contributed by atoms with Gasteiger partial charge in [0.2, 0.25) is 0 Å². The summed E-state index contributed by atoms with van der Waals surface area (Å²) in [6.07, 6.45) is 1.67. The summed E-state index contributed by atoms with van der Waals surface area (Å²) in [6, 6.07) is 14.2. The van der Waals surface area contributed by atoms with Crippen LogP contribution < -0.4 is 15.9 Å². The molecule has 5 heteroatoms. The second kappa shape index (κ2) is 7.26. The van der Waals surface area contributed by atoms with Gasteiger partial charge in [-0.3, -0.25) is 4.79 Å². The van der Waals surface area contributed by atoms with Crippen molar-refractivity contribution in [1.29, 1.82) is 0 Å². The number of nitrogens with zero attached hydrogens (tertiary/aromatic N) is 1. The fourth-order valence-electron chi connectivity index (χ4n) is 1.85. The first-order chi connectivity index (χ1) is 10.5. The van der Waals surface area contributed by atoms with Crippen LogP contribution in [0.5, 0.6) is 5.75 Å². The van der Waals surface area contributed by atoms with E-state index in [9.17, 15) is 4.79 Å². The topological polar surface area (TPSA) is 76.7 Å². The molecule has 0 fully saturated rings. The Bertz CT molecular complexity index is 681. The maximum Gasteiger partial charge on any atom is 0.271 e. The molecule has 3 N–H and O–H groups in total. The number of carbonyl (C=O) groups excluding carboxylic acids is 1. The van der Waals surface area contributed by atoms with Crippen LogP contribution in [0.1, 0.15) is 29.8 Å². The van der Waals surface area contributed by atoms with Crippen LogP contribution in [0, 0.1) is 0 Å². The summed E-state index contributed by atoms with van der Waals surface area (Å²) in [5, 5.41) is 3.95. The molecular weight excluding hydrogens is 278 g/mol. The highest BCUT2D eigenvalue weighted by Gasteiger charge is 2.03. The molecule has 0 aliphatic rings. The number of hydrogen-bond acceptors (Lipinski definition) is 4. The number of carbonyl (C=O) groups is 1. The summed E-state index contributed by atoms with van der Waals surface area (Å²) >= 11 is 0. The summed E-state index contributed by atoms with van der Waals surface area (Å²) in [5.41, 5.74) is 9.95. The molecule has 5 nitrogen and oxygen atoms in total. The first kappa shape index (κ1) is 15.6. The first-order valence-electron chi connectivity index (χ1n) is 7.00. The van der Waals surface area contributed by atoms with Crippen LogP contribution in [-0.4, -0.2) is 18.2 Å². The standard InChI is InChI=1S/C17H19N3O2/c1-12(2)22-16-8-3-5-13(9-16)11-19-20-17(21)14-6-4-7-15(18)10-14/h3-12H,18H2,1-2H3,(H,20,21)/b19-11-. The summed E-state index contributed by atoms with van der Waals surface area (Å²) in [6.45, 7) is 3.93. The van der Waals surface area contributed by atoms with Gasteiger partial charge in [0, 0.05) is 11.3 Å². The highest BCUT2D eigenvalue weighted by molar-refractivity contribution is 5.95. The Morgan fingerprint density at radius 1 is 1.23 bits per heavy atom. The molecule has 2 aromatic rings. The summed E-state index contributed by atoms with van der Waals surface area (Å²) in [5.74, 6) is 0.458. The number of nitrogen functional groups attached to an aromatic ring is 1. The number of benzene rings is 2. The van der Waals surface area contributed by atoms with E-state index in [1.165, 1.54) is 0 Å². The number of rotatable bonds is 5. The Balaban J connectivity index is 1.99. The number of nitrogens with two attached hydrogens (primary N) is 1. The molecular formula is C17H19N3O2. The molecule has 114 valence electrons. The number of hydrazone groups is 1. The predicted octanol–water partition coefficient (Wildman–Crippen LogP) is 2.82. The zero-order valence-corrected chi connectivity index (χ0v) is 12.6. The molecule has 0 spiro atoms. The minimum Gasteiger partial charge on any atom is -0.491 e. The van der Waals surface area contributed by atoms with E-state index in [2.05, 4.69) is 10.5 Å². The van der Waals surface area contributed by atoms with Gasteiger partial charge in [0.15, 0.2) is 0 Å². The van der Waals surface area contributed by atoms with E-state index in [0.717, 1.165) is 11.3 Å². The lowest BCUT2D eigenvalue weighted by Gasteiger charge is -2.09. The maximum absolute atomic E-state index is 11.9. The number of hydrogen-bond donors (Lipinski definition) is 2. The van der Waals surface area contributed by atoms with Crippen LogP contribution >= 0.6 is 0 Å². The average molecular weight is 297 g/mol. The zero-order valence-electron chi connectivity index (χ0n) is 12.6. The SMILES string of the molecule is CC(C)Oc1cccc(/C=N\NC(=O)c2cccc(N)c2)c1. The van der Waals surface area contributed by atoms with Crippen LogP contribution in [-0.2, 0) is 0 Å². The largest absolute Gasteiger partial charge is 0.491 e. The third-order valence-electron chi connectivity index (χ3n) is 2.76. The van der Waals surface area contributed by atoms with Crippen molar-refractivity contribution < 1.29 is 9.53 Å². The molecule has 0 aliphatic carbocycles. The average Bonchev–Trinajstić information content (AvgIpc) is 2.47. The quantitative estimate of drug-likeness (QED) is 0.506. The Labute approximate surface area is 129 Å². The molecule has 0 aromatic heterocycles. The van der Waals surface area contributed by atoms with Gasteiger partial charge in [-0.1, -0.05) is 18.2 Å². The van der Waals surface area contributed by atoms with Crippen molar-refractivity contribution in [2.75, 3.05) is 5.73 Å². The lowest BCUT2D eigenvalue weighted by molar-refractivity contribution is 0.0955. The minimum absolute atomic E-state index is 0.107. The van der Waals surface area contributed by atoms with Crippen molar-refractivity contribution in [1.82, 2.24) is 5.43 Å². The highest BCUT2D eigenvalue weighted by atomic mass is 16.5. The molecule has 0 bridgehead atoms. The Morgan fingerprint density at radius 3 is 2.73 bits per heavy atom. The fraction of sp³-hybridized carbons (Fsp3) is 0.176. The van der Waals surface area contributed by atoms with Gasteiger partial charge in [0.05, 0.1) is 12.3 Å². The van der Waals surface area contributed by atoms with E-state index >= 15 is 0 Å². The first-order valence-corrected chi connectivity index (χ1v) is 7.00. The highest BCUT2D eigenvalue weighted by Crippen LogP contribution is 2.13. The zero-order chi connectivity index (χ0) is 15.9. The number of amides is 1. The van der Waals surface area contributed by atoms with Crippen molar-refractivity contribution in [3.05, 3.63) is 59.7 Å². The predicted molar refractivity (Wildman–Crippen MR) is 88.1 cm³/mol. The maximum atomic E-state index is 11.9. The van der Waals surface area contributed by atoms with E-state index in [1.54, 1.807) is 30.5 Å². The van der Waals surface area contributed by atoms with Crippen LogP contribution in [0.4, 0.5) is 5.69 Å². The van der Waals surface area contributed by atoms with E-state index in [-0.39, 0.29) is 12.0 Å². The van der Waals surface area contributed by atoms with Gasteiger partial charge in [-0.15, -0.1) is 0 Å². The van der Waals surface area contributed by atoms with E-state index in [1.807, 2.05) is 38.1 Å². The molecule has 2 aromatic carbocycles. The minimum atomic E-state index is -0.307. The van der Waals surface area contributed by atoms with Gasteiger partial charge >= 0.3 is 0 Å². The summed E-state index contributed by atoms with van der Waals surface area (Å²) < 4.78 is 5.60. The van der Waals surface area contributed by atoms with Gasteiger partial charge in [-0.2, -0.15) is 5.10 Å². The second-order valence-electron chi connectivity index (χ2n) is 5.06. The molecule has 0 radical (unpaired) electrons. The molecule has 0 atom stereocenters. The van der Waals surface area contributed by atoms with Crippen LogP contribution in [0.25, 0.3) is 0 Å². The number of ether oxygens (including phenoxy) is 1. The Morgan fingerprint density at radius 2 is 2.00 bits per heavy atom. The molecule has 0 saturated carbocycles. The van der Waals surface area contributed by atoms with Crippen LogP contribution in [0.15, 0.2) is 53.6 Å². The van der Waals surface area contributed by atoms with Gasteiger partial charge in [-0.05, 0) is 49.7 Å². The van der Waals surface area contributed by atoms with Crippen LogP contribution in [0.2, 0.25) is 0 Å². The molecule has 0 aliphatic heterocycles. The lowest BCUT2D eigenvalue weighted by atomic mass is 10.2. The fourth-order valence-corrected chi connectivity index (χ4v) is 1.85. The van der Waals surface area contributed by atoms with Crippen molar-refractivity contribution in [2.45, 2.75) is 20.0 Å². The summed E-state index contributed by atoms with van der Waals surface area (Å²) in [4.78, 5) is 11.9. The van der Waals surface area contributed by atoms with Crippen molar-refractivity contribution in [3.8, 4) is 5.75 Å². The Hall–Kier alpha value is -2.82. The molecule has 0 saturated heterocycles. The lowest BCUT2D eigenvalue weighted by Crippen LogP contribution is -2.17. The third-order valence-corrected chi connectivity index (χ3v) is 2.76. The van der Waals surface area contributed by atoms with E-state index in [0.29, 0.717) is 11.3 Å². The molecule has 2 rings (SSSR count). The monoisotopic (exact) mass is 297 g/mol. The molecule has 0 heterocycles. The Kier molecular flexibility index (Phi) is 5.14. The number of anilines is 1. The smallest absolute Gasteiger partial charge is 0.271 e. The molecule has 0 unspecified atom stereocenters. The third kappa shape index (κ3) is 4.63. The van der Waals surface area contributed by atoms with E-state index in [4.69, 9.17) is 10.5 Å². The molecule has 22 heavy (non-hydrogen) atoms. The van der Waals surface area contributed by atoms with Crippen molar-refractivity contribution in [3.63, 3.8) is 0 Å². The normalized spacial score (nSPS) is 10.9. The van der Waals surface area contributed by atoms with Crippen molar-refractivity contribution in [2.24, 2.45) is 5.10 Å².